The number of aromatic amines is 1. The van der Waals surface area contributed by atoms with Crippen molar-refractivity contribution in [2.45, 2.75) is 37.8 Å². The van der Waals surface area contributed by atoms with E-state index in [0.717, 1.165) is 5.56 Å². The Morgan fingerprint density at radius 3 is 2.27 bits per heavy atom. The number of nitrogens with zero attached hydrogens (tertiary/aromatic N) is 2. The van der Waals surface area contributed by atoms with Crippen LogP contribution in [0.5, 0.6) is 0 Å². The summed E-state index contributed by atoms with van der Waals surface area (Å²) in [5.74, 6) is -7.74. The maximum Gasteiger partial charge on any atom is 0.320 e. The highest BCUT2D eigenvalue weighted by molar-refractivity contribution is 6.04. The summed E-state index contributed by atoms with van der Waals surface area (Å²) >= 11 is 0. The molecule has 2 aromatic heterocycles. The lowest BCUT2D eigenvalue weighted by Gasteiger charge is -2.22. The van der Waals surface area contributed by atoms with E-state index in [-0.39, 0.29) is 17.3 Å². The van der Waals surface area contributed by atoms with E-state index in [1.54, 1.807) is 18.3 Å². The number of nitrogen functional groups attached to an aromatic ring is 2. The van der Waals surface area contributed by atoms with Crippen LogP contribution in [-0.4, -0.2) is 78.5 Å². The smallest absolute Gasteiger partial charge is 0.320 e. The third kappa shape index (κ3) is 7.89. The van der Waals surface area contributed by atoms with Crippen LogP contribution in [0, 0.1) is 5.92 Å². The largest absolute Gasteiger partial charge is 0.481 e. The van der Waals surface area contributed by atoms with Gasteiger partial charge >= 0.3 is 17.9 Å². The maximum absolute atomic E-state index is 12.9. The standard InChI is InChI=1S/C25H30N8O8/c26-15(24(40)41)9-14(23(38)39)19(36)16(5-6-17(34)35)31-22(37)11-1-3-13(4-2-11)29-8-7-12-10-30-21-18(12)20(27)32-25(28)33-21/h1-4,10,14-16,29H,5-9,26H2,(H,31,37)(H,34,35)(H,38,39)(H,40,41)(H5,27,28,30,32,33)/t14?,15-,16-/m0/s1. The highest BCUT2D eigenvalue weighted by Crippen LogP contribution is 2.23. The third-order valence-electron chi connectivity index (χ3n) is 6.27. The molecule has 3 aromatic rings. The zero-order chi connectivity index (χ0) is 30.3. The third-order valence-corrected chi connectivity index (χ3v) is 6.27. The highest BCUT2D eigenvalue weighted by atomic mass is 16.4. The Kier molecular flexibility index (Phi) is 9.76. The molecule has 0 bridgehead atoms. The molecule has 16 nitrogen and oxygen atoms in total. The number of rotatable bonds is 15. The van der Waals surface area contributed by atoms with Crippen molar-refractivity contribution in [1.82, 2.24) is 20.3 Å². The number of nitrogens with two attached hydrogens (primary N) is 3. The number of anilines is 3. The molecule has 16 heteroatoms. The van der Waals surface area contributed by atoms with Crippen molar-refractivity contribution < 1.29 is 39.3 Å². The van der Waals surface area contributed by atoms with Gasteiger partial charge in [-0.25, -0.2) is 0 Å². The van der Waals surface area contributed by atoms with Gasteiger partial charge in [-0.3, -0.25) is 24.0 Å². The number of carbonyl (C=O) groups excluding carboxylic acids is 2. The van der Waals surface area contributed by atoms with Gasteiger partial charge in [0.1, 0.15) is 23.4 Å². The molecule has 0 saturated heterocycles. The number of carboxylic acids is 3. The number of aromatic nitrogens is 3. The minimum absolute atomic E-state index is 0.0623. The quantitative estimate of drug-likeness (QED) is 0.107. The van der Waals surface area contributed by atoms with Crippen molar-refractivity contribution in [3.63, 3.8) is 0 Å². The summed E-state index contributed by atoms with van der Waals surface area (Å²) in [5, 5.41) is 33.7. The van der Waals surface area contributed by atoms with Gasteiger partial charge in [-0.15, -0.1) is 0 Å². The van der Waals surface area contributed by atoms with E-state index in [9.17, 15) is 29.1 Å². The topological polar surface area (TPSA) is 290 Å². The normalized spacial score (nSPS) is 13.2. The first-order valence-corrected chi connectivity index (χ1v) is 12.4. The zero-order valence-electron chi connectivity index (χ0n) is 21.7. The Labute approximate surface area is 232 Å². The SMILES string of the molecule is Nc1nc(N)c2c(CCNc3ccc(C(=O)N[C@@H](CCC(=O)O)C(=O)C(C[C@H](N)C(=O)O)C(=O)O)cc3)c[nH]c2n1. The second-order valence-corrected chi connectivity index (χ2v) is 9.19. The number of ketones is 1. The van der Waals surface area contributed by atoms with Crippen LogP contribution in [0.4, 0.5) is 17.5 Å². The first-order valence-electron chi connectivity index (χ1n) is 12.4. The van der Waals surface area contributed by atoms with Gasteiger partial charge in [0.15, 0.2) is 5.78 Å². The summed E-state index contributed by atoms with van der Waals surface area (Å²) in [6, 6.07) is 3.01. The Balaban J connectivity index is 1.65. The Hall–Kier alpha value is -5.25. The summed E-state index contributed by atoms with van der Waals surface area (Å²) in [4.78, 5) is 70.7. The van der Waals surface area contributed by atoms with Gasteiger partial charge in [-0.05, 0) is 49.1 Å². The van der Waals surface area contributed by atoms with Crippen LogP contribution in [0.25, 0.3) is 11.0 Å². The van der Waals surface area contributed by atoms with Gasteiger partial charge in [0.2, 0.25) is 5.95 Å². The Morgan fingerprint density at radius 2 is 1.66 bits per heavy atom. The van der Waals surface area contributed by atoms with E-state index in [2.05, 4.69) is 25.6 Å². The lowest BCUT2D eigenvalue weighted by Crippen LogP contribution is -2.47. The predicted molar refractivity (Wildman–Crippen MR) is 146 cm³/mol. The van der Waals surface area contributed by atoms with Crippen LogP contribution in [0.15, 0.2) is 30.5 Å². The van der Waals surface area contributed by atoms with E-state index in [0.29, 0.717) is 29.7 Å². The fourth-order valence-corrected chi connectivity index (χ4v) is 4.15. The Morgan fingerprint density at radius 1 is 0.976 bits per heavy atom. The predicted octanol–water partition coefficient (Wildman–Crippen LogP) is -0.188. The number of H-pyrrole nitrogens is 1. The van der Waals surface area contributed by atoms with Crippen molar-refractivity contribution >= 4 is 58.1 Å². The number of Topliss-reactive ketones (excluding diaryl/α,β-unsaturated/α-hetero) is 1. The fourth-order valence-electron chi connectivity index (χ4n) is 4.15. The van der Waals surface area contributed by atoms with E-state index >= 15 is 0 Å². The summed E-state index contributed by atoms with van der Waals surface area (Å²) in [6.45, 7) is 0.489. The van der Waals surface area contributed by atoms with Crippen molar-refractivity contribution in [3.8, 4) is 0 Å². The van der Waals surface area contributed by atoms with Gasteiger partial charge < -0.3 is 48.1 Å². The van der Waals surface area contributed by atoms with Gasteiger partial charge in [-0.1, -0.05) is 0 Å². The van der Waals surface area contributed by atoms with Crippen molar-refractivity contribution in [3.05, 3.63) is 41.6 Å². The molecule has 0 aliphatic carbocycles. The molecule has 3 atom stereocenters. The van der Waals surface area contributed by atoms with Crippen molar-refractivity contribution in [1.29, 1.82) is 0 Å². The van der Waals surface area contributed by atoms with Crippen LogP contribution < -0.4 is 27.8 Å². The summed E-state index contributed by atoms with van der Waals surface area (Å²) in [5.41, 5.74) is 19.2. The number of hydrogen-bond donors (Lipinski definition) is 9. The minimum Gasteiger partial charge on any atom is -0.481 e. The lowest BCUT2D eigenvalue weighted by molar-refractivity contribution is -0.148. The summed E-state index contributed by atoms with van der Waals surface area (Å²) in [6.07, 6.45) is 0.648. The molecule has 12 N–H and O–H groups in total. The van der Waals surface area contributed by atoms with Crippen LogP contribution in [-0.2, 0) is 25.6 Å². The number of nitrogens with one attached hydrogen (secondary N) is 3. The van der Waals surface area contributed by atoms with Crippen LogP contribution in [0.2, 0.25) is 0 Å². The molecule has 1 aromatic carbocycles. The number of hydrogen-bond acceptors (Lipinski definition) is 11. The molecule has 0 radical (unpaired) electrons. The van der Waals surface area contributed by atoms with Gasteiger partial charge in [0.05, 0.1) is 11.4 Å². The van der Waals surface area contributed by atoms with Crippen LogP contribution >= 0.6 is 0 Å². The molecule has 0 aliphatic rings. The zero-order valence-corrected chi connectivity index (χ0v) is 21.7. The van der Waals surface area contributed by atoms with E-state index < -0.39 is 66.9 Å². The monoisotopic (exact) mass is 570 g/mol. The number of carbonyl (C=O) groups is 5. The second-order valence-electron chi connectivity index (χ2n) is 9.19. The molecule has 2 heterocycles. The average molecular weight is 571 g/mol. The molecular weight excluding hydrogens is 540 g/mol. The van der Waals surface area contributed by atoms with Gasteiger partial charge in [0, 0.05) is 30.4 Å². The van der Waals surface area contributed by atoms with Crippen LogP contribution in [0.1, 0.15) is 35.2 Å². The summed E-state index contributed by atoms with van der Waals surface area (Å²) < 4.78 is 0. The first kappa shape index (κ1) is 30.3. The van der Waals surface area contributed by atoms with Gasteiger partial charge in [-0.2, -0.15) is 9.97 Å². The molecule has 218 valence electrons. The number of aliphatic carboxylic acids is 3. The molecule has 0 spiro atoms. The molecule has 0 fully saturated rings. The minimum atomic E-state index is -1.86. The number of amides is 1. The van der Waals surface area contributed by atoms with Crippen molar-refractivity contribution in [2.75, 3.05) is 23.3 Å². The molecule has 0 aliphatic heterocycles. The van der Waals surface area contributed by atoms with E-state index in [1.807, 2.05) is 0 Å². The molecule has 1 unspecified atom stereocenters. The van der Waals surface area contributed by atoms with E-state index in [4.69, 9.17) is 27.4 Å². The van der Waals surface area contributed by atoms with Crippen molar-refractivity contribution in [2.24, 2.45) is 11.7 Å². The molecule has 41 heavy (non-hydrogen) atoms. The average Bonchev–Trinajstić information content (AvgIpc) is 3.31. The second kappa shape index (κ2) is 13.2. The van der Waals surface area contributed by atoms with Gasteiger partial charge in [0.25, 0.3) is 5.91 Å². The molecular formula is C25H30N8O8. The van der Waals surface area contributed by atoms with Crippen LogP contribution in [0.3, 0.4) is 0 Å². The molecule has 1 amide bonds. The number of fused-ring (bicyclic) bond motifs is 1. The number of carboxylic acid groups (broad SMARTS) is 3. The highest BCUT2D eigenvalue weighted by Gasteiger charge is 2.36. The van der Waals surface area contributed by atoms with E-state index in [1.165, 1.54) is 12.1 Å². The summed E-state index contributed by atoms with van der Waals surface area (Å²) in [7, 11) is 0. The molecule has 0 saturated carbocycles. The Bertz CT molecular complexity index is 1460. The fraction of sp³-hybridized carbons (Fsp3) is 0.320. The lowest BCUT2D eigenvalue weighted by atomic mass is 9.89. The maximum atomic E-state index is 12.9. The first-order chi connectivity index (χ1) is 19.4. The molecule has 3 rings (SSSR count). The number of benzene rings is 1.